The van der Waals surface area contributed by atoms with Crippen molar-refractivity contribution in [1.29, 1.82) is 0 Å². The maximum Gasteiger partial charge on any atom is 0.128 e. The Bertz CT molecular complexity index is 423. The minimum absolute atomic E-state index is 0.0948. The minimum atomic E-state index is -0.0948. The first-order valence-electron chi connectivity index (χ1n) is 6.64. The van der Waals surface area contributed by atoms with E-state index in [0.29, 0.717) is 6.04 Å². The Morgan fingerprint density at radius 1 is 1.22 bits per heavy atom. The van der Waals surface area contributed by atoms with Crippen molar-refractivity contribution in [1.82, 2.24) is 15.1 Å². The molecule has 1 aromatic rings. The monoisotopic (exact) mass is 249 g/mol. The summed E-state index contributed by atoms with van der Waals surface area (Å²) in [5.41, 5.74) is 0.801. The summed E-state index contributed by atoms with van der Waals surface area (Å²) in [7, 11) is 2.17. The molecule has 1 aromatic carbocycles. The number of fused-ring (bicyclic) bond motifs is 1. The number of likely N-dealkylation sites (N-methyl/N-ethyl adjacent to an activating group) is 1. The highest BCUT2D eigenvalue weighted by molar-refractivity contribution is 5.22. The molecule has 98 valence electrons. The Hall–Kier alpha value is -0.970. The average Bonchev–Trinajstić information content (AvgIpc) is 2.39. The lowest BCUT2D eigenvalue weighted by Crippen LogP contribution is -2.61. The zero-order valence-corrected chi connectivity index (χ0v) is 10.8. The second kappa shape index (κ2) is 4.96. The van der Waals surface area contributed by atoms with Gasteiger partial charge in [0.05, 0.1) is 0 Å². The maximum absolute atomic E-state index is 13.8. The largest absolute Gasteiger partial charge is 0.307 e. The SMILES string of the molecule is CN1CCN2CC(c3ccccc3F)NCC2C1. The quantitative estimate of drug-likeness (QED) is 0.803. The second-order valence-electron chi connectivity index (χ2n) is 5.39. The number of hydrogen-bond donors (Lipinski definition) is 1. The van der Waals surface area contributed by atoms with E-state index in [1.54, 1.807) is 12.1 Å². The summed E-state index contributed by atoms with van der Waals surface area (Å²) >= 11 is 0. The first kappa shape index (κ1) is 12.1. The van der Waals surface area contributed by atoms with E-state index in [9.17, 15) is 4.39 Å². The van der Waals surface area contributed by atoms with E-state index in [-0.39, 0.29) is 11.9 Å². The van der Waals surface area contributed by atoms with E-state index < -0.39 is 0 Å². The van der Waals surface area contributed by atoms with Crippen LogP contribution in [-0.4, -0.2) is 55.6 Å². The molecule has 2 unspecified atom stereocenters. The highest BCUT2D eigenvalue weighted by Gasteiger charge is 2.32. The van der Waals surface area contributed by atoms with Crippen LogP contribution in [0.15, 0.2) is 24.3 Å². The molecule has 0 amide bonds. The van der Waals surface area contributed by atoms with Gasteiger partial charge in [-0.05, 0) is 13.1 Å². The van der Waals surface area contributed by atoms with Gasteiger partial charge < -0.3 is 10.2 Å². The number of rotatable bonds is 1. The van der Waals surface area contributed by atoms with Crippen LogP contribution >= 0.6 is 0 Å². The minimum Gasteiger partial charge on any atom is -0.307 e. The zero-order valence-electron chi connectivity index (χ0n) is 10.8. The predicted octanol–water partition coefficient (Wildman–Crippen LogP) is 1.09. The number of halogens is 1. The molecule has 0 aliphatic carbocycles. The van der Waals surface area contributed by atoms with Crippen LogP contribution in [0.3, 0.4) is 0 Å². The fourth-order valence-electron chi connectivity index (χ4n) is 3.03. The highest BCUT2D eigenvalue weighted by Crippen LogP contribution is 2.23. The van der Waals surface area contributed by atoms with E-state index in [0.717, 1.165) is 38.3 Å². The molecule has 1 N–H and O–H groups in total. The van der Waals surface area contributed by atoms with E-state index in [1.165, 1.54) is 0 Å². The molecule has 0 radical (unpaired) electrons. The number of nitrogens with one attached hydrogen (secondary N) is 1. The number of piperazine rings is 2. The molecular weight excluding hydrogens is 229 g/mol. The molecule has 3 rings (SSSR count). The summed E-state index contributed by atoms with van der Waals surface area (Å²) in [4.78, 5) is 4.86. The molecule has 0 spiro atoms. The fourth-order valence-corrected chi connectivity index (χ4v) is 3.03. The van der Waals surface area contributed by atoms with Gasteiger partial charge in [0.1, 0.15) is 5.82 Å². The van der Waals surface area contributed by atoms with Gasteiger partial charge in [-0.25, -0.2) is 4.39 Å². The summed E-state index contributed by atoms with van der Waals surface area (Å²) in [6, 6.07) is 7.81. The molecule has 2 atom stereocenters. The Kier molecular flexibility index (Phi) is 3.33. The molecule has 2 heterocycles. The normalized spacial score (nSPS) is 30.1. The predicted molar refractivity (Wildman–Crippen MR) is 70.0 cm³/mol. The molecule has 18 heavy (non-hydrogen) atoms. The molecule has 3 nitrogen and oxygen atoms in total. The van der Waals surface area contributed by atoms with Gasteiger partial charge in [-0.15, -0.1) is 0 Å². The zero-order chi connectivity index (χ0) is 12.5. The lowest BCUT2D eigenvalue weighted by Gasteiger charge is -2.46. The van der Waals surface area contributed by atoms with Crippen molar-refractivity contribution < 1.29 is 4.39 Å². The van der Waals surface area contributed by atoms with Crippen LogP contribution < -0.4 is 5.32 Å². The van der Waals surface area contributed by atoms with Crippen LogP contribution in [0.25, 0.3) is 0 Å². The number of benzene rings is 1. The van der Waals surface area contributed by atoms with Gasteiger partial charge in [0.2, 0.25) is 0 Å². The lowest BCUT2D eigenvalue weighted by molar-refractivity contribution is 0.0532. The fraction of sp³-hybridized carbons (Fsp3) is 0.571. The van der Waals surface area contributed by atoms with Gasteiger partial charge >= 0.3 is 0 Å². The summed E-state index contributed by atoms with van der Waals surface area (Å²) in [5.74, 6) is -0.0948. The van der Waals surface area contributed by atoms with E-state index in [2.05, 4.69) is 22.2 Å². The van der Waals surface area contributed by atoms with Crippen molar-refractivity contribution in [2.24, 2.45) is 0 Å². The summed E-state index contributed by atoms with van der Waals surface area (Å²) < 4.78 is 13.8. The standard InChI is InChI=1S/C14H20FN3/c1-17-6-7-18-10-14(16-8-11(18)9-17)12-4-2-3-5-13(12)15/h2-5,11,14,16H,6-10H2,1H3. The maximum atomic E-state index is 13.8. The highest BCUT2D eigenvalue weighted by atomic mass is 19.1. The number of nitrogens with zero attached hydrogens (tertiary/aromatic N) is 2. The van der Waals surface area contributed by atoms with Gasteiger partial charge in [-0.1, -0.05) is 18.2 Å². The Morgan fingerprint density at radius 3 is 2.89 bits per heavy atom. The van der Waals surface area contributed by atoms with Crippen molar-refractivity contribution in [2.75, 3.05) is 39.8 Å². The van der Waals surface area contributed by atoms with Crippen molar-refractivity contribution in [3.05, 3.63) is 35.6 Å². The first-order valence-corrected chi connectivity index (χ1v) is 6.64. The molecule has 0 saturated carbocycles. The molecule has 2 saturated heterocycles. The lowest BCUT2D eigenvalue weighted by atomic mass is 10.00. The Balaban J connectivity index is 1.73. The summed E-state index contributed by atoms with van der Waals surface area (Å²) in [6.45, 7) is 5.17. The van der Waals surface area contributed by atoms with Crippen molar-refractivity contribution in [3.8, 4) is 0 Å². The molecule has 0 aromatic heterocycles. The molecule has 2 aliphatic rings. The third kappa shape index (κ3) is 2.28. The third-order valence-corrected chi connectivity index (χ3v) is 4.11. The molecular formula is C14H20FN3. The Labute approximate surface area is 108 Å². The van der Waals surface area contributed by atoms with Crippen LogP contribution in [0.2, 0.25) is 0 Å². The molecule has 2 aliphatic heterocycles. The number of hydrogen-bond acceptors (Lipinski definition) is 3. The van der Waals surface area contributed by atoms with Crippen molar-refractivity contribution >= 4 is 0 Å². The van der Waals surface area contributed by atoms with Gasteiger partial charge in [0.25, 0.3) is 0 Å². The second-order valence-corrected chi connectivity index (χ2v) is 5.39. The smallest absolute Gasteiger partial charge is 0.128 e. The molecule has 2 fully saturated rings. The topological polar surface area (TPSA) is 18.5 Å². The van der Waals surface area contributed by atoms with Crippen LogP contribution in [0, 0.1) is 5.82 Å². The molecule has 0 bridgehead atoms. The van der Waals surface area contributed by atoms with Crippen LogP contribution in [0.1, 0.15) is 11.6 Å². The van der Waals surface area contributed by atoms with Crippen LogP contribution in [0.5, 0.6) is 0 Å². The van der Waals surface area contributed by atoms with Crippen molar-refractivity contribution in [3.63, 3.8) is 0 Å². The van der Waals surface area contributed by atoms with Crippen LogP contribution in [-0.2, 0) is 0 Å². The van der Waals surface area contributed by atoms with Crippen molar-refractivity contribution in [2.45, 2.75) is 12.1 Å². The summed E-state index contributed by atoms with van der Waals surface area (Å²) in [5, 5.41) is 3.49. The van der Waals surface area contributed by atoms with E-state index in [1.807, 2.05) is 12.1 Å². The van der Waals surface area contributed by atoms with E-state index >= 15 is 0 Å². The van der Waals surface area contributed by atoms with Gasteiger partial charge in [0, 0.05) is 50.4 Å². The summed E-state index contributed by atoms with van der Waals surface area (Å²) in [6.07, 6.45) is 0. The Morgan fingerprint density at radius 2 is 2.06 bits per heavy atom. The molecule has 4 heteroatoms. The average molecular weight is 249 g/mol. The third-order valence-electron chi connectivity index (χ3n) is 4.11. The van der Waals surface area contributed by atoms with E-state index in [4.69, 9.17) is 0 Å². The van der Waals surface area contributed by atoms with Gasteiger partial charge in [-0.3, -0.25) is 4.90 Å². The first-order chi connectivity index (χ1) is 8.74. The van der Waals surface area contributed by atoms with Gasteiger partial charge in [-0.2, -0.15) is 0 Å². The van der Waals surface area contributed by atoms with Gasteiger partial charge in [0.15, 0.2) is 0 Å². The van der Waals surface area contributed by atoms with Crippen LogP contribution in [0.4, 0.5) is 4.39 Å².